The second kappa shape index (κ2) is 2.64. The lowest BCUT2D eigenvalue weighted by Crippen LogP contribution is -2.18. The Morgan fingerprint density at radius 3 is 2.57 bits per heavy atom. The first kappa shape index (κ1) is 8.87. The van der Waals surface area contributed by atoms with Crippen molar-refractivity contribution in [3.63, 3.8) is 0 Å². The number of fused-ring (bicyclic) bond motifs is 1. The Morgan fingerprint density at radius 2 is 1.93 bits per heavy atom. The molecular weight excluding hydrogens is 178 g/mol. The number of hydrogen-bond acceptors (Lipinski definition) is 2. The fourth-order valence-corrected chi connectivity index (χ4v) is 1.55. The molecule has 2 rings (SSSR count). The van der Waals surface area contributed by atoms with Crippen LogP contribution in [-0.2, 0) is 0 Å². The van der Waals surface area contributed by atoms with Crippen LogP contribution in [0.1, 0.15) is 16.7 Å². The maximum absolute atomic E-state index is 11.8. The fourth-order valence-electron chi connectivity index (χ4n) is 1.55. The normalized spacial score (nSPS) is 11.1. The molecular formula is C10H13N3O. The summed E-state index contributed by atoms with van der Waals surface area (Å²) in [6, 6.07) is 0. The van der Waals surface area contributed by atoms with Gasteiger partial charge in [-0.05, 0) is 31.9 Å². The lowest BCUT2D eigenvalue weighted by atomic mass is 10.2. The highest BCUT2D eigenvalue weighted by Crippen LogP contribution is 2.14. The number of anilines is 1. The molecule has 0 spiro atoms. The molecule has 4 heteroatoms. The van der Waals surface area contributed by atoms with Crippen LogP contribution in [-0.4, -0.2) is 9.38 Å². The van der Waals surface area contributed by atoms with E-state index in [0.717, 1.165) is 16.8 Å². The molecule has 0 radical (unpaired) electrons. The van der Waals surface area contributed by atoms with Crippen molar-refractivity contribution in [2.75, 3.05) is 5.73 Å². The van der Waals surface area contributed by atoms with Crippen molar-refractivity contribution < 1.29 is 0 Å². The van der Waals surface area contributed by atoms with Crippen molar-refractivity contribution in [2.24, 2.45) is 0 Å². The van der Waals surface area contributed by atoms with Crippen LogP contribution in [0.2, 0.25) is 0 Å². The molecule has 2 aromatic heterocycles. The molecule has 74 valence electrons. The maximum Gasteiger partial charge on any atom is 0.262 e. The van der Waals surface area contributed by atoms with E-state index in [1.54, 1.807) is 11.3 Å². The Labute approximate surface area is 81.4 Å². The average Bonchev–Trinajstić information content (AvgIpc) is 2.42. The number of nitrogens with one attached hydrogen (secondary N) is 1. The summed E-state index contributed by atoms with van der Waals surface area (Å²) >= 11 is 0. The summed E-state index contributed by atoms with van der Waals surface area (Å²) in [5, 5.41) is 0. The van der Waals surface area contributed by atoms with Crippen LogP contribution in [0.3, 0.4) is 0 Å². The topological polar surface area (TPSA) is 63.3 Å². The molecule has 0 saturated carbocycles. The van der Waals surface area contributed by atoms with E-state index in [-0.39, 0.29) is 5.56 Å². The number of aromatic nitrogens is 2. The van der Waals surface area contributed by atoms with Gasteiger partial charge in [0.2, 0.25) is 0 Å². The summed E-state index contributed by atoms with van der Waals surface area (Å²) in [6.45, 7) is 5.66. The third-order valence-electron chi connectivity index (χ3n) is 2.71. The van der Waals surface area contributed by atoms with E-state index in [1.165, 1.54) is 0 Å². The van der Waals surface area contributed by atoms with Gasteiger partial charge in [0, 0.05) is 6.20 Å². The molecule has 2 aromatic rings. The van der Waals surface area contributed by atoms with E-state index in [2.05, 4.69) is 4.98 Å². The van der Waals surface area contributed by atoms with Crippen LogP contribution in [0.5, 0.6) is 0 Å². The van der Waals surface area contributed by atoms with Gasteiger partial charge in [-0.1, -0.05) is 0 Å². The van der Waals surface area contributed by atoms with Crippen LogP contribution in [0.4, 0.5) is 5.82 Å². The summed E-state index contributed by atoms with van der Waals surface area (Å²) in [5.74, 6) is 0.448. The van der Waals surface area contributed by atoms with Gasteiger partial charge in [0.25, 0.3) is 5.56 Å². The van der Waals surface area contributed by atoms with Crippen LogP contribution in [0.25, 0.3) is 5.65 Å². The van der Waals surface area contributed by atoms with Gasteiger partial charge in [0.15, 0.2) is 0 Å². The Bertz CT molecular complexity index is 563. The molecule has 0 fully saturated rings. The van der Waals surface area contributed by atoms with E-state index in [1.807, 2.05) is 20.0 Å². The van der Waals surface area contributed by atoms with Gasteiger partial charge in [-0.25, -0.2) is 0 Å². The molecule has 4 nitrogen and oxygen atoms in total. The van der Waals surface area contributed by atoms with Gasteiger partial charge in [0.1, 0.15) is 11.5 Å². The quantitative estimate of drug-likeness (QED) is 0.655. The first-order valence-corrected chi connectivity index (χ1v) is 4.49. The van der Waals surface area contributed by atoms with E-state index in [9.17, 15) is 4.79 Å². The molecule has 0 aliphatic carbocycles. The average molecular weight is 191 g/mol. The molecule has 0 atom stereocenters. The number of nitrogen functional groups attached to an aromatic ring is 1. The number of H-pyrrole nitrogens is 1. The zero-order valence-corrected chi connectivity index (χ0v) is 8.51. The molecule has 0 unspecified atom stereocenters. The van der Waals surface area contributed by atoms with Gasteiger partial charge < -0.3 is 10.7 Å². The predicted octanol–water partition coefficient (Wildman–Crippen LogP) is 1.14. The van der Waals surface area contributed by atoms with E-state index >= 15 is 0 Å². The Balaban J connectivity index is 3.06. The van der Waals surface area contributed by atoms with Crippen molar-refractivity contribution in [3.05, 3.63) is 33.2 Å². The van der Waals surface area contributed by atoms with Crippen LogP contribution < -0.4 is 11.3 Å². The first-order valence-electron chi connectivity index (χ1n) is 4.49. The smallest absolute Gasteiger partial charge is 0.262 e. The van der Waals surface area contributed by atoms with Crippen molar-refractivity contribution in [2.45, 2.75) is 20.8 Å². The van der Waals surface area contributed by atoms with Gasteiger partial charge in [-0.2, -0.15) is 0 Å². The maximum atomic E-state index is 11.8. The van der Waals surface area contributed by atoms with Crippen molar-refractivity contribution in [1.82, 2.24) is 9.38 Å². The first-order chi connectivity index (χ1) is 6.52. The summed E-state index contributed by atoms with van der Waals surface area (Å²) < 4.78 is 1.61. The van der Waals surface area contributed by atoms with Crippen molar-refractivity contribution >= 4 is 11.5 Å². The summed E-state index contributed by atoms with van der Waals surface area (Å²) in [5.41, 5.74) is 9.15. The van der Waals surface area contributed by atoms with Gasteiger partial charge >= 0.3 is 0 Å². The Hall–Kier alpha value is -1.71. The predicted molar refractivity (Wildman–Crippen MR) is 56.6 cm³/mol. The molecule has 0 saturated heterocycles. The van der Waals surface area contributed by atoms with E-state index < -0.39 is 0 Å². The number of aromatic amines is 1. The zero-order chi connectivity index (χ0) is 10.5. The third kappa shape index (κ3) is 0.968. The minimum Gasteiger partial charge on any atom is -0.385 e. The third-order valence-corrected chi connectivity index (χ3v) is 2.71. The van der Waals surface area contributed by atoms with Crippen LogP contribution in [0.15, 0.2) is 11.0 Å². The van der Waals surface area contributed by atoms with Gasteiger partial charge in [-0.15, -0.1) is 0 Å². The highest BCUT2D eigenvalue weighted by molar-refractivity contribution is 5.56. The summed E-state index contributed by atoms with van der Waals surface area (Å²) in [7, 11) is 0. The number of aryl methyl sites for hydroxylation is 2. The molecule has 0 amide bonds. The van der Waals surface area contributed by atoms with Crippen LogP contribution >= 0.6 is 0 Å². The second-order valence-corrected chi connectivity index (χ2v) is 3.62. The summed E-state index contributed by atoms with van der Waals surface area (Å²) in [6.07, 6.45) is 1.83. The monoisotopic (exact) mass is 191 g/mol. The Morgan fingerprint density at radius 1 is 1.29 bits per heavy atom. The van der Waals surface area contributed by atoms with Crippen LogP contribution in [0, 0.1) is 20.8 Å². The zero-order valence-electron chi connectivity index (χ0n) is 8.51. The number of nitrogens with zero attached hydrogens (tertiary/aromatic N) is 1. The molecule has 0 aromatic carbocycles. The highest BCUT2D eigenvalue weighted by Gasteiger charge is 2.09. The fraction of sp³-hybridized carbons (Fsp3) is 0.300. The lowest BCUT2D eigenvalue weighted by molar-refractivity contribution is 1.04. The van der Waals surface area contributed by atoms with Gasteiger partial charge in [0.05, 0.1) is 5.56 Å². The van der Waals surface area contributed by atoms with Gasteiger partial charge in [-0.3, -0.25) is 9.20 Å². The molecule has 0 aliphatic rings. The number of rotatable bonds is 0. The SMILES string of the molecule is Cc1cn2c(=O)c(C)c(N)[nH]c2c1C. The molecule has 2 heterocycles. The van der Waals surface area contributed by atoms with E-state index in [0.29, 0.717) is 11.4 Å². The minimum atomic E-state index is -0.0487. The molecule has 14 heavy (non-hydrogen) atoms. The van der Waals surface area contributed by atoms with E-state index in [4.69, 9.17) is 5.73 Å². The number of nitrogens with two attached hydrogens (primary N) is 1. The minimum absolute atomic E-state index is 0.0487. The highest BCUT2D eigenvalue weighted by atomic mass is 16.1. The molecule has 3 N–H and O–H groups in total. The second-order valence-electron chi connectivity index (χ2n) is 3.62. The Kier molecular flexibility index (Phi) is 1.67. The molecule has 0 bridgehead atoms. The largest absolute Gasteiger partial charge is 0.385 e. The summed E-state index contributed by atoms with van der Waals surface area (Å²) in [4.78, 5) is 14.8. The molecule has 0 aliphatic heterocycles. The van der Waals surface area contributed by atoms with Crippen molar-refractivity contribution in [3.8, 4) is 0 Å². The standard InChI is InChI=1S/C10H13N3O/c1-5-4-13-9(6(5)2)12-8(11)7(3)10(13)14/h4,12H,11H2,1-3H3. The lowest BCUT2D eigenvalue weighted by Gasteiger charge is -2.02. The van der Waals surface area contributed by atoms with Crippen molar-refractivity contribution in [1.29, 1.82) is 0 Å². The number of hydrogen-bond donors (Lipinski definition) is 2.